The maximum atomic E-state index is 14.1. The van der Waals surface area contributed by atoms with E-state index in [4.69, 9.17) is 10.2 Å². The Bertz CT molecular complexity index is 673. The zero-order valence-corrected chi connectivity index (χ0v) is 9.30. The zero-order valence-electron chi connectivity index (χ0n) is 9.30. The molecule has 0 spiro atoms. The average molecular weight is 267 g/mol. The first-order chi connectivity index (χ1) is 8.93. The number of hydrogen-bond donors (Lipinski definition) is 2. The summed E-state index contributed by atoms with van der Waals surface area (Å²) in [6.45, 7) is 0. The number of hydrogen-bond acceptors (Lipinski definition) is 3. The molecule has 0 amide bonds. The molecule has 2 N–H and O–H groups in total. The second kappa shape index (κ2) is 4.60. The van der Waals surface area contributed by atoms with Crippen LogP contribution in [0, 0.1) is 11.6 Å². The van der Waals surface area contributed by atoms with Gasteiger partial charge in [-0.25, -0.2) is 8.78 Å². The smallest absolute Gasteiger partial charge is 0.322 e. The molecule has 0 aliphatic heterocycles. The molecule has 2 rings (SSSR count). The van der Waals surface area contributed by atoms with Crippen molar-refractivity contribution in [2.75, 3.05) is 0 Å². The van der Waals surface area contributed by atoms with Crippen LogP contribution < -0.4 is 0 Å². The van der Waals surface area contributed by atoms with E-state index in [9.17, 15) is 18.4 Å². The Hall–Kier alpha value is -2.57. The molecule has 19 heavy (non-hydrogen) atoms. The summed E-state index contributed by atoms with van der Waals surface area (Å²) in [5.74, 6) is -8.46. The fraction of sp³-hybridized carbons (Fsp3) is 0.0833. The highest BCUT2D eigenvalue weighted by molar-refractivity contribution is 6.00. The molecule has 0 unspecified atom stereocenters. The molecular weight excluding hydrogens is 260 g/mol. The predicted molar refractivity (Wildman–Crippen MR) is 59.7 cm³/mol. The quantitative estimate of drug-likeness (QED) is 0.827. The maximum absolute atomic E-state index is 14.1. The maximum Gasteiger partial charge on any atom is 0.322 e. The summed E-state index contributed by atoms with van der Waals surface area (Å²) in [6.07, 6.45) is 1.31. The van der Waals surface area contributed by atoms with Crippen LogP contribution in [0.25, 0.3) is 10.9 Å². The minimum absolute atomic E-state index is 0.0178. The van der Waals surface area contributed by atoms with E-state index in [0.717, 1.165) is 6.07 Å². The highest BCUT2D eigenvalue weighted by atomic mass is 19.1. The molecule has 7 heteroatoms. The van der Waals surface area contributed by atoms with E-state index in [1.165, 1.54) is 18.3 Å². The lowest BCUT2D eigenvalue weighted by Crippen LogP contribution is -2.23. The number of fused-ring (bicyclic) bond motifs is 1. The van der Waals surface area contributed by atoms with Crippen LogP contribution in [-0.2, 0) is 9.59 Å². The molecule has 0 aliphatic carbocycles. The van der Waals surface area contributed by atoms with Gasteiger partial charge in [0, 0.05) is 23.2 Å². The van der Waals surface area contributed by atoms with Gasteiger partial charge in [0.05, 0.1) is 5.52 Å². The van der Waals surface area contributed by atoms with Gasteiger partial charge in [-0.1, -0.05) is 0 Å². The van der Waals surface area contributed by atoms with Gasteiger partial charge in [-0.05, 0) is 12.1 Å². The lowest BCUT2D eigenvalue weighted by Gasteiger charge is -2.11. The number of carboxylic acids is 2. The van der Waals surface area contributed by atoms with Gasteiger partial charge < -0.3 is 10.2 Å². The number of aromatic nitrogens is 1. The molecule has 2 aromatic rings. The summed E-state index contributed by atoms with van der Waals surface area (Å²) in [5, 5.41) is 17.4. The van der Waals surface area contributed by atoms with Crippen LogP contribution in [0.2, 0.25) is 0 Å². The summed E-state index contributed by atoms with van der Waals surface area (Å²) in [6, 6.07) is 3.46. The van der Waals surface area contributed by atoms with Crippen molar-refractivity contribution in [3.05, 3.63) is 41.6 Å². The molecule has 0 radical (unpaired) electrons. The Morgan fingerprint density at radius 1 is 1.21 bits per heavy atom. The van der Waals surface area contributed by atoms with Crippen molar-refractivity contribution >= 4 is 22.8 Å². The number of rotatable bonds is 3. The zero-order chi connectivity index (χ0) is 14.2. The van der Waals surface area contributed by atoms with Gasteiger partial charge in [-0.2, -0.15) is 0 Å². The Morgan fingerprint density at radius 2 is 1.84 bits per heavy atom. The van der Waals surface area contributed by atoms with Crippen LogP contribution in [0.4, 0.5) is 8.78 Å². The first-order valence-corrected chi connectivity index (χ1v) is 5.11. The Labute approximate surface area is 105 Å². The molecule has 1 heterocycles. The SMILES string of the molecule is O=C(O)C(C(=O)O)c1c(F)cc2ncccc2c1F. The summed E-state index contributed by atoms with van der Waals surface area (Å²) >= 11 is 0. The van der Waals surface area contributed by atoms with Gasteiger partial charge in [0.15, 0.2) is 5.92 Å². The molecule has 1 aromatic carbocycles. The highest BCUT2D eigenvalue weighted by Crippen LogP contribution is 2.29. The molecule has 0 saturated heterocycles. The Morgan fingerprint density at radius 3 is 2.42 bits per heavy atom. The minimum Gasteiger partial charge on any atom is -0.480 e. The summed E-state index contributed by atoms with van der Waals surface area (Å²) in [5.41, 5.74) is -1.02. The van der Waals surface area contributed by atoms with Crippen molar-refractivity contribution in [3.8, 4) is 0 Å². The van der Waals surface area contributed by atoms with Crippen LogP contribution in [-0.4, -0.2) is 27.1 Å². The van der Waals surface area contributed by atoms with Crippen molar-refractivity contribution < 1.29 is 28.6 Å². The number of carbonyl (C=O) groups is 2. The number of halogens is 2. The number of benzene rings is 1. The third-order valence-electron chi connectivity index (χ3n) is 2.61. The molecule has 98 valence electrons. The summed E-state index contributed by atoms with van der Waals surface area (Å²) in [7, 11) is 0. The number of pyridine rings is 1. The molecule has 0 fully saturated rings. The highest BCUT2D eigenvalue weighted by Gasteiger charge is 2.34. The van der Waals surface area contributed by atoms with Crippen molar-refractivity contribution in [2.45, 2.75) is 5.92 Å². The van der Waals surface area contributed by atoms with Crippen LogP contribution in [0.15, 0.2) is 24.4 Å². The average Bonchev–Trinajstić information content (AvgIpc) is 2.33. The topological polar surface area (TPSA) is 87.5 Å². The van der Waals surface area contributed by atoms with Gasteiger partial charge >= 0.3 is 11.9 Å². The second-order valence-electron chi connectivity index (χ2n) is 3.77. The molecular formula is C12H7F2NO4. The van der Waals surface area contributed by atoms with E-state index in [1.807, 2.05) is 0 Å². The van der Waals surface area contributed by atoms with Crippen molar-refractivity contribution in [2.24, 2.45) is 0 Å². The summed E-state index contributed by atoms with van der Waals surface area (Å²) in [4.78, 5) is 25.4. The van der Waals surface area contributed by atoms with Crippen molar-refractivity contribution in [3.63, 3.8) is 0 Å². The lowest BCUT2D eigenvalue weighted by atomic mass is 9.96. The minimum atomic E-state index is -2.30. The van der Waals surface area contributed by atoms with Gasteiger partial charge in [0.25, 0.3) is 0 Å². The molecule has 0 aliphatic rings. The third-order valence-corrected chi connectivity index (χ3v) is 2.61. The number of carboxylic acid groups (broad SMARTS) is 2. The predicted octanol–water partition coefficient (Wildman–Crippen LogP) is 1.77. The van der Waals surface area contributed by atoms with Crippen LogP contribution in [0.3, 0.4) is 0 Å². The Kier molecular flexibility index (Phi) is 3.12. The summed E-state index contributed by atoms with van der Waals surface area (Å²) < 4.78 is 27.8. The largest absolute Gasteiger partial charge is 0.480 e. The molecule has 5 nitrogen and oxygen atoms in total. The van der Waals surface area contributed by atoms with Gasteiger partial charge in [0.1, 0.15) is 11.6 Å². The van der Waals surface area contributed by atoms with Gasteiger partial charge in [0.2, 0.25) is 0 Å². The fourth-order valence-corrected chi connectivity index (χ4v) is 1.78. The van der Waals surface area contributed by atoms with Crippen LogP contribution in [0.5, 0.6) is 0 Å². The lowest BCUT2D eigenvalue weighted by molar-refractivity contribution is -0.150. The number of nitrogens with zero attached hydrogens (tertiary/aromatic N) is 1. The first-order valence-electron chi connectivity index (χ1n) is 5.11. The van der Waals surface area contributed by atoms with E-state index in [-0.39, 0.29) is 10.9 Å². The first kappa shape index (κ1) is 12.9. The standard InChI is InChI=1S/C12H7F2NO4/c13-6-4-7-5(2-1-3-15-7)10(14)8(6)9(11(16)17)12(18)19/h1-4,9H,(H,16,17)(H,18,19). The van der Waals surface area contributed by atoms with Gasteiger partial charge in [-0.3, -0.25) is 14.6 Å². The van der Waals surface area contributed by atoms with Crippen molar-refractivity contribution in [1.82, 2.24) is 4.98 Å². The van der Waals surface area contributed by atoms with Crippen molar-refractivity contribution in [1.29, 1.82) is 0 Å². The normalized spacial score (nSPS) is 10.9. The molecule has 0 saturated carbocycles. The van der Waals surface area contributed by atoms with E-state index in [1.54, 1.807) is 0 Å². The second-order valence-corrected chi connectivity index (χ2v) is 3.77. The number of aliphatic carboxylic acids is 2. The Balaban J connectivity index is 2.79. The van der Waals surface area contributed by atoms with E-state index in [2.05, 4.69) is 4.98 Å². The van der Waals surface area contributed by atoms with Gasteiger partial charge in [-0.15, -0.1) is 0 Å². The third kappa shape index (κ3) is 2.10. The van der Waals surface area contributed by atoms with E-state index in [0.29, 0.717) is 0 Å². The van der Waals surface area contributed by atoms with Crippen LogP contribution >= 0.6 is 0 Å². The molecule has 1 aromatic heterocycles. The fourth-order valence-electron chi connectivity index (χ4n) is 1.78. The molecule has 0 atom stereocenters. The molecule has 0 bridgehead atoms. The monoisotopic (exact) mass is 267 g/mol. The van der Waals surface area contributed by atoms with E-state index >= 15 is 0 Å². The van der Waals surface area contributed by atoms with E-state index < -0.39 is 35.1 Å². The van der Waals surface area contributed by atoms with Crippen LogP contribution in [0.1, 0.15) is 11.5 Å².